The van der Waals surface area contributed by atoms with Gasteiger partial charge < -0.3 is 51.0 Å². The molecule has 65 heavy (non-hydrogen) atoms. The third-order valence-electron chi connectivity index (χ3n) is 13.3. The molecule has 2 bridgehead atoms. The van der Waals surface area contributed by atoms with Crippen molar-refractivity contribution in [3.05, 3.63) is 101 Å². The molecule has 5 heterocycles. The number of methoxy groups -OCH3 is 1. The quantitative estimate of drug-likeness (QED) is 0.0719. The highest BCUT2D eigenvalue weighted by Gasteiger charge is 2.41. The number of urea groups is 1. The van der Waals surface area contributed by atoms with Gasteiger partial charge in [-0.2, -0.15) is 0 Å². The Morgan fingerprint density at radius 3 is 2.35 bits per heavy atom. The van der Waals surface area contributed by atoms with Crippen molar-refractivity contribution in [1.29, 1.82) is 0 Å². The number of halogens is 3. The summed E-state index contributed by atoms with van der Waals surface area (Å²) in [5.74, 6) is -2.88. The maximum Gasteiger partial charge on any atom is 0.328 e. The van der Waals surface area contributed by atoms with Gasteiger partial charge in [0.1, 0.15) is 17.5 Å². The number of ether oxygens (including phenoxy) is 2. The minimum absolute atomic E-state index is 0.0128. The molecule has 3 unspecified atom stereocenters. The van der Waals surface area contributed by atoms with Gasteiger partial charge in [-0.25, -0.2) is 18.0 Å². The zero-order valence-corrected chi connectivity index (χ0v) is 36.9. The molecule has 0 aliphatic carbocycles. The number of nitrogens with two attached hydrogens (primary N) is 3. The van der Waals surface area contributed by atoms with E-state index < -0.39 is 23.4 Å². The lowest BCUT2D eigenvalue weighted by Gasteiger charge is -2.44. The lowest BCUT2D eigenvalue weighted by Crippen LogP contribution is -2.54. The molecule has 4 aliphatic rings. The maximum absolute atomic E-state index is 15.6. The van der Waals surface area contributed by atoms with Gasteiger partial charge in [0.25, 0.3) is 0 Å². The number of phenols is 1. The smallest absolute Gasteiger partial charge is 0.328 e. The number of aromatic nitrogens is 1. The van der Waals surface area contributed by atoms with Crippen molar-refractivity contribution < 1.29 is 37.3 Å². The number of piperidine rings is 1. The van der Waals surface area contributed by atoms with Crippen LogP contribution in [0.4, 0.5) is 35.0 Å². The molecule has 3 amide bonds. The van der Waals surface area contributed by atoms with Crippen molar-refractivity contribution in [2.45, 2.75) is 57.2 Å². The summed E-state index contributed by atoms with van der Waals surface area (Å²) in [6.07, 6.45) is 7.33. The van der Waals surface area contributed by atoms with Crippen molar-refractivity contribution in [3.8, 4) is 5.75 Å². The average Bonchev–Trinajstić information content (AvgIpc) is 3.82. The Hall–Kier alpha value is -6.11. The van der Waals surface area contributed by atoms with Gasteiger partial charge in [-0.3, -0.25) is 19.9 Å². The van der Waals surface area contributed by atoms with Crippen LogP contribution in [0.3, 0.4) is 0 Å². The van der Waals surface area contributed by atoms with E-state index in [-0.39, 0.29) is 53.4 Å². The highest BCUT2D eigenvalue weighted by atomic mass is 19.1. The molecule has 0 radical (unpaired) electrons. The number of piperazine rings is 1. The summed E-state index contributed by atoms with van der Waals surface area (Å²) in [5, 5.41) is 13.6. The van der Waals surface area contributed by atoms with E-state index in [0.29, 0.717) is 62.9 Å². The number of likely N-dealkylation sites (tertiary alicyclic amines) is 1. The first-order chi connectivity index (χ1) is 31.3. The number of carbonyl (C=O) groups is 2. The number of benzene rings is 3. The third kappa shape index (κ3) is 9.79. The lowest BCUT2D eigenvalue weighted by atomic mass is 9.95. The van der Waals surface area contributed by atoms with Crippen LogP contribution in [0.2, 0.25) is 0 Å². The number of allylic oxidation sites excluding steroid dienone is 1. The maximum atomic E-state index is 15.6. The van der Waals surface area contributed by atoms with Crippen LogP contribution in [0.25, 0.3) is 16.6 Å². The van der Waals surface area contributed by atoms with Crippen molar-refractivity contribution in [1.82, 2.24) is 19.7 Å². The fraction of sp³-hybridized carbons (Fsp3) is 0.447. The first kappa shape index (κ1) is 45.5. The molecule has 1 aromatic heterocycles. The molecule has 0 saturated carbocycles. The van der Waals surface area contributed by atoms with Gasteiger partial charge in [0.2, 0.25) is 5.91 Å². The normalized spacial score (nSPS) is 20.0. The number of rotatable bonds is 16. The SMILES string of the molecule is CCN(COCC(COC)n1ccc2cc(N3CCC(=O)NC3=O)ccc21)CC1CCN(c2cc(N3C4CCC3CN(C(/C=C(\N)c3cc(F)cc(F)c3O)=C(N)N)C4)ccc2F)CC1. The second-order valence-corrected chi connectivity index (χ2v) is 17.5. The number of nitrogens with one attached hydrogen (secondary N) is 1. The largest absolute Gasteiger partial charge is 0.504 e. The van der Waals surface area contributed by atoms with E-state index in [2.05, 4.69) is 31.5 Å². The second-order valence-electron chi connectivity index (χ2n) is 17.5. The number of phenolic OH excluding ortho intramolecular Hbond substituents is 1. The monoisotopic (exact) mass is 900 g/mol. The fourth-order valence-electron chi connectivity index (χ4n) is 9.96. The fourth-order valence-corrected chi connectivity index (χ4v) is 9.96. The Labute approximate surface area is 376 Å². The molecule has 4 aromatic rings. The van der Waals surface area contributed by atoms with Gasteiger partial charge >= 0.3 is 6.03 Å². The highest BCUT2D eigenvalue weighted by Crippen LogP contribution is 2.40. The Bertz CT molecular complexity index is 2440. The lowest BCUT2D eigenvalue weighted by molar-refractivity contribution is -0.120. The first-order valence-corrected chi connectivity index (χ1v) is 22.3. The summed E-state index contributed by atoms with van der Waals surface area (Å²) in [5.41, 5.74) is 21.9. The molecule has 18 heteroatoms. The summed E-state index contributed by atoms with van der Waals surface area (Å²) >= 11 is 0. The topological polar surface area (TPSA) is 184 Å². The molecule has 3 aromatic carbocycles. The number of hydrogen-bond donors (Lipinski definition) is 5. The van der Waals surface area contributed by atoms with Crippen LogP contribution in [-0.2, 0) is 14.3 Å². The summed E-state index contributed by atoms with van der Waals surface area (Å²) < 4.78 is 57.8. The van der Waals surface area contributed by atoms with E-state index in [1.54, 1.807) is 18.1 Å². The Balaban J connectivity index is 0.849. The molecule has 4 saturated heterocycles. The van der Waals surface area contributed by atoms with Gasteiger partial charge in [-0.05, 0) is 92.8 Å². The Morgan fingerprint density at radius 1 is 0.923 bits per heavy atom. The second kappa shape index (κ2) is 19.6. The first-order valence-electron chi connectivity index (χ1n) is 22.3. The predicted molar refractivity (Wildman–Crippen MR) is 244 cm³/mol. The zero-order valence-electron chi connectivity index (χ0n) is 36.9. The third-order valence-corrected chi connectivity index (χ3v) is 13.3. The number of fused-ring (bicyclic) bond motifs is 3. The van der Waals surface area contributed by atoms with Crippen molar-refractivity contribution >= 4 is 45.6 Å². The van der Waals surface area contributed by atoms with Crippen molar-refractivity contribution in [3.63, 3.8) is 0 Å². The van der Waals surface area contributed by atoms with Crippen molar-refractivity contribution in [2.75, 3.05) is 87.6 Å². The van der Waals surface area contributed by atoms with Crippen LogP contribution < -0.4 is 37.2 Å². The Kier molecular flexibility index (Phi) is 13.7. The van der Waals surface area contributed by atoms with Gasteiger partial charge in [0.15, 0.2) is 11.6 Å². The Morgan fingerprint density at radius 2 is 1.66 bits per heavy atom. The van der Waals surface area contributed by atoms with Crippen LogP contribution in [0.1, 0.15) is 50.6 Å². The number of imide groups is 1. The summed E-state index contributed by atoms with van der Waals surface area (Å²) in [4.78, 5) is 34.5. The predicted octanol–water partition coefficient (Wildman–Crippen LogP) is 5.35. The van der Waals surface area contributed by atoms with E-state index in [1.807, 2.05) is 47.5 Å². The zero-order chi connectivity index (χ0) is 45.9. The van der Waals surface area contributed by atoms with Gasteiger partial charge in [-0.15, -0.1) is 0 Å². The van der Waals surface area contributed by atoms with E-state index in [1.165, 1.54) is 6.08 Å². The van der Waals surface area contributed by atoms with Crippen molar-refractivity contribution in [2.24, 2.45) is 23.1 Å². The van der Waals surface area contributed by atoms with Gasteiger partial charge in [0, 0.05) is 111 Å². The molecular formula is C47H59F3N10O5. The van der Waals surface area contributed by atoms with Crippen LogP contribution in [-0.4, -0.2) is 116 Å². The molecule has 3 atom stereocenters. The van der Waals surface area contributed by atoms with E-state index in [0.717, 1.165) is 80.2 Å². The number of nitrogens with zero attached hydrogens (tertiary/aromatic N) is 6. The highest BCUT2D eigenvalue weighted by molar-refractivity contribution is 6.06. The summed E-state index contributed by atoms with van der Waals surface area (Å²) in [7, 11) is 1.68. The molecule has 4 aliphatic heterocycles. The van der Waals surface area contributed by atoms with Crippen LogP contribution in [0, 0.1) is 23.4 Å². The minimum atomic E-state index is -1.12. The van der Waals surface area contributed by atoms with E-state index in [9.17, 15) is 23.5 Å². The molecular weight excluding hydrogens is 842 g/mol. The molecule has 4 fully saturated rings. The number of anilines is 3. The molecule has 0 spiro atoms. The standard InChI is InChI=1S/C47H59F3N10O5/c1-3-55(28-65-27-36(26-64-2)58-16-12-30-18-32(7-9-41(30)58)59-17-13-44(61)54-47(59)63)23-29-10-14-56(15-11-29)42-21-33(6-8-38(42)49)60-34-4-5-35(60)25-57(24-34)43(46(52)53)22-40(51)37-19-31(48)20-39(50)45(37)62/h6-9,12,16,18-22,29,34-36,62H,3-5,10-11,13-15,17,23-28,51-53H2,1-2H3,(H,54,61,63)/b40-22-. The molecule has 8 N–H and O–H groups in total. The number of amides is 3. The van der Waals surface area contributed by atoms with Gasteiger partial charge in [-0.1, -0.05) is 6.92 Å². The van der Waals surface area contributed by atoms with Gasteiger partial charge in [0.05, 0.1) is 37.4 Å². The van der Waals surface area contributed by atoms with Crippen LogP contribution in [0.5, 0.6) is 5.75 Å². The molecule has 8 rings (SSSR count). The molecule has 15 nitrogen and oxygen atoms in total. The van der Waals surface area contributed by atoms with Crippen LogP contribution >= 0.6 is 0 Å². The molecule has 348 valence electrons. The summed E-state index contributed by atoms with van der Waals surface area (Å²) in [6.45, 7) is 8.04. The van der Waals surface area contributed by atoms with Crippen LogP contribution in [0.15, 0.2) is 78.4 Å². The van der Waals surface area contributed by atoms with E-state index in [4.69, 9.17) is 26.7 Å². The average molecular weight is 901 g/mol. The minimum Gasteiger partial charge on any atom is -0.504 e. The number of aromatic hydroxyl groups is 1. The number of hydrogen-bond acceptors (Lipinski definition) is 12. The number of carbonyl (C=O) groups excluding carboxylic acids is 2. The van der Waals surface area contributed by atoms with E-state index >= 15 is 4.39 Å². The summed E-state index contributed by atoms with van der Waals surface area (Å²) in [6, 6.07) is 14.4.